The predicted octanol–water partition coefficient (Wildman–Crippen LogP) is 3.77. The largest absolute Gasteiger partial charge is 0.508 e. The van der Waals surface area contributed by atoms with Gasteiger partial charge in [-0.2, -0.15) is 0 Å². The molecule has 0 unspecified atom stereocenters. The normalized spacial score (nSPS) is 10.9. The molecule has 0 aliphatic carbocycles. The summed E-state index contributed by atoms with van der Waals surface area (Å²) in [6, 6.07) is 12.7. The van der Waals surface area contributed by atoms with E-state index in [0.29, 0.717) is 5.69 Å². The highest BCUT2D eigenvalue weighted by molar-refractivity contribution is 6.09. The first kappa shape index (κ1) is 14.2. The number of anilines is 1. The number of H-pyrrole nitrogens is 1. The number of fused-ring (bicyclic) bond motifs is 1. The second kappa shape index (κ2) is 5.22. The Hall–Kier alpha value is -2.75. The van der Waals surface area contributed by atoms with Crippen molar-refractivity contribution < 1.29 is 9.90 Å². The fourth-order valence-corrected chi connectivity index (χ4v) is 2.62. The van der Waals surface area contributed by atoms with E-state index in [-0.39, 0.29) is 11.7 Å². The first-order valence-corrected chi connectivity index (χ1v) is 7.13. The van der Waals surface area contributed by atoms with E-state index in [1.807, 2.05) is 26.0 Å². The molecule has 0 radical (unpaired) electrons. The summed E-state index contributed by atoms with van der Waals surface area (Å²) in [7, 11) is 1.73. The number of nitrogens with one attached hydrogen (secondary N) is 1. The number of hydrogen-bond donors (Lipinski definition) is 2. The highest BCUT2D eigenvalue weighted by Crippen LogP contribution is 2.25. The Labute approximate surface area is 129 Å². The van der Waals surface area contributed by atoms with E-state index in [9.17, 15) is 9.90 Å². The predicted molar refractivity (Wildman–Crippen MR) is 88.6 cm³/mol. The highest BCUT2D eigenvalue weighted by atomic mass is 16.3. The van der Waals surface area contributed by atoms with E-state index in [0.717, 1.165) is 22.2 Å². The number of nitrogens with zero attached hydrogens (tertiary/aromatic N) is 1. The van der Waals surface area contributed by atoms with Gasteiger partial charge in [0.25, 0.3) is 5.91 Å². The summed E-state index contributed by atoms with van der Waals surface area (Å²) in [6.07, 6.45) is 0. The second-order valence-corrected chi connectivity index (χ2v) is 5.55. The Kier molecular flexibility index (Phi) is 3.37. The molecule has 0 atom stereocenters. The number of aromatic amines is 1. The molecule has 0 fully saturated rings. The van der Waals surface area contributed by atoms with Gasteiger partial charge in [0.05, 0.1) is 0 Å². The van der Waals surface area contributed by atoms with Gasteiger partial charge in [-0.25, -0.2) is 0 Å². The molecular formula is C18H18N2O2. The average molecular weight is 294 g/mol. The van der Waals surface area contributed by atoms with Crippen molar-refractivity contribution in [2.24, 2.45) is 0 Å². The molecule has 2 N–H and O–H groups in total. The van der Waals surface area contributed by atoms with Crippen LogP contribution >= 0.6 is 0 Å². The van der Waals surface area contributed by atoms with Crippen molar-refractivity contribution in [2.45, 2.75) is 13.8 Å². The molecule has 0 saturated heterocycles. The summed E-state index contributed by atoms with van der Waals surface area (Å²) in [5.74, 6) is 0.0823. The molecule has 1 amide bonds. The van der Waals surface area contributed by atoms with Crippen molar-refractivity contribution >= 4 is 22.5 Å². The maximum atomic E-state index is 12.7. The van der Waals surface area contributed by atoms with Crippen LogP contribution in [0.5, 0.6) is 5.75 Å². The van der Waals surface area contributed by atoms with E-state index in [4.69, 9.17) is 0 Å². The van der Waals surface area contributed by atoms with Crippen LogP contribution in [0.1, 0.15) is 21.6 Å². The number of phenolic OH excluding ortho intramolecular Hbond substituents is 1. The van der Waals surface area contributed by atoms with Gasteiger partial charge in [-0.05, 0) is 55.8 Å². The van der Waals surface area contributed by atoms with Crippen LogP contribution in [0.25, 0.3) is 10.9 Å². The number of carbonyl (C=O) groups is 1. The van der Waals surface area contributed by atoms with Crippen LogP contribution < -0.4 is 4.90 Å². The quantitative estimate of drug-likeness (QED) is 0.756. The first-order chi connectivity index (χ1) is 10.5. The van der Waals surface area contributed by atoms with Crippen molar-refractivity contribution in [2.75, 3.05) is 11.9 Å². The van der Waals surface area contributed by atoms with Crippen molar-refractivity contribution in [3.63, 3.8) is 0 Å². The zero-order chi connectivity index (χ0) is 15.9. The number of aromatic nitrogens is 1. The maximum Gasteiger partial charge on any atom is 0.274 e. The summed E-state index contributed by atoms with van der Waals surface area (Å²) in [4.78, 5) is 17.5. The molecule has 4 nitrogen and oxygen atoms in total. The number of amides is 1. The minimum Gasteiger partial charge on any atom is -0.508 e. The van der Waals surface area contributed by atoms with E-state index in [2.05, 4.69) is 11.1 Å². The van der Waals surface area contributed by atoms with Crippen LogP contribution in [0.2, 0.25) is 0 Å². The van der Waals surface area contributed by atoms with Gasteiger partial charge >= 0.3 is 0 Å². The standard InChI is InChI=1S/C18H18N2O2/c1-11-4-9-16-15(10-11)12(2)17(19-16)18(22)20(3)13-5-7-14(21)8-6-13/h4-10,19,21H,1-3H3. The lowest BCUT2D eigenvalue weighted by atomic mass is 10.1. The monoisotopic (exact) mass is 294 g/mol. The van der Waals surface area contributed by atoms with Crippen molar-refractivity contribution in [3.05, 3.63) is 59.3 Å². The Balaban J connectivity index is 2.01. The molecule has 22 heavy (non-hydrogen) atoms. The first-order valence-electron chi connectivity index (χ1n) is 7.13. The van der Waals surface area contributed by atoms with Crippen LogP contribution in [-0.4, -0.2) is 23.0 Å². The Bertz CT molecular complexity index is 847. The molecule has 0 saturated carbocycles. The topological polar surface area (TPSA) is 56.3 Å². The summed E-state index contributed by atoms with van der Waals surface area (Å²) in [6.45, 7) is 3.99. The zero-order valence-electron chi connectivity index (χ0n) is 12.8. The molecule has 0 spiro atoms. The number of carbonyl (C=O) groups excluding carboxylic acids is 1. The summed E-state index contributed by atoms with van der Waals surface area (Å²) in [5.41, 5.74) is 4.41. The molecular weight excluding hydrogens is 276 g/mol. The smallest absolute Gasteiger partial charge is 0.274 e. The lowest BCUT2D eigenvalue weighted by Gasteiger charge is -2.17. The van der Waals surface area contributed by atoms with E-state index >= 15 is 0 Å². The third-order valence-corrected chi connectivity index (χ3v) is 3.97. The molecule has 2 aromatic carbocycles. The number of phenols is 1. The Morgan fingerprint density at radius 2 is 1.77 bits per heavy atom. The van der Waals surface area contributed by atoms with Gasteiger partial charge in [0.15, 0.2) is 0 Å². The highest BCUT2D eigenvalue weighted by Gasteiger charge is 2.19. The Morgan fingerprint density at radius 1 is 1.09 bits per heavy atom. The van der Waals surface area contributed by atoms with Gasteiger partial charge in [-0.1, -0.05) is 11.6 Å². The Morgan fingerprint density at radius 3 is 2.45 bits per heavy atom. The average Bonchev–Trinajstić information content (AvgIpc) is 2.83. The maximum absolute atomic E-state index is 12.7. The zero-order valence-corrected chi connectivity index (χ0v) is 12.8. The number of benzene rings is 2. The summed E-state index contributed by atoms with van der Waals surface area (Å²) >= 11 is 0. The number of rotatable bonds is 2. The molecule has 3 aromatic rings. The molecule has 1 aromatic heterocycles. The molecule has 0 aliphatic heterocycles. The molecule has 4 heteroatoms. The molecule has 0 aliphatic rings. The fourth-order valence-electron chi connectivity index (χ4n) is 2.62. The molecule has 3 rings (SSSR count). The number of hydrogen-bond acceptors (Lipinski definition) is 2. The van der Waals surface area contributed by atoms with Gasteiger partial charge < -0.3 is 15.0 Å². The van der Waals surface area contributed by atoms with Crippen molar-refractivity contribution in [1.29, 1.82) is 0 Å². The number of aromatic hydroxyl groups is 1. The van der Waals surface area contributed by atoms with E-state index < -0.39 is 0 Å². The van der Waals surface area contributed by atoms with Crippen molar-refractivity contribution in [1.82, 2.24) is 4.98 Å². The molecule has 1 heterocycles. The van der Waals surface area contributed by atoms with Crippen molar-refractivity contribution in [3.8, 4) is 5.75 Å². The SMILES string of the molecule is Cc1ccc2[nH]c(C(=O)N(C)c3ccc(O)cc3)c(C)c2c1. The molecule has 112 valence electrons. The van der Waals surface area contributed by atoms with Crippen LogP contribution in [0.3, 0.4) is 0 Å². The van der Waals surface area contributed by atoms with Gasteiger partial charge in [-0.15, -0.1) is 0 Å². The minimum atomic E-state index is -0.1000. The molecule has 0 bridgehead atoms. The summed E-state index contributed by atoms with van der Waals surface area (Å²) in [5, 5.41) is 10.4. The number of aryl methyl sites for hydroxylation is 2. The third kappa shape index (κ3) is 2.33. The van der Waals surface area contributed by atoms with E-state index in [1.165, 1.54) is 5.56 Å². The summed E-state index contributed by atoms with van der Waals surface area (Å²) < 4.78 is 0. The lowest BCUT2D eigenvalue weighted by Crippen LogP contribution is -2.27. The van der Waals surface area contributed by atoms with E-state index in [1.54, 1.807) is 36.2 Å². The van der Waals surface area contributed by atoms with Gasteiger partial charge in [0, 0.05) is 23.6 Å². The lowest BCUT2D eigenvalue weighted by molar-refractivity contribution is 0.0988. The van der Waals surface area contributed by atoms with Crippen LogP contribution in [0, 0.1) is 13.8 Å². The van der Waals surface area contributed by atoms with Crippen LogP contribution in [-0.2, 0) is 0 Å². The van der Waals surface area contributed by atoms with Crippen LogP contribution in [0.15, 0.2) is 42.5 Å². The van der Waals surface area contributed by atoms with Gasteiger partial charge in [0.2, 0.25) is 0 Å². The van der Waals surface area contributed by atoms with Crippen LogP contribution in [0.4, 0.5) is 5.69 Å². The third-order valence-electron chi connectivity index (χ3n) is 3.97. The fraction of sp³-hybridized carbons (Fsp3) is 0.167. The minimum absolute atomic E-state index is 0.1000. The van der Waals surface area contributed by atoms with Gasteiger partial charge in [0.1, 0.15) is 11.4 Å². The second-order valence-electron chi connectivity index (χ2n) is 5.55. The van der Waals surface area contributed by atoms with Gasteiger partial charge in [-0.3, -0.25) is 4.79 Å².